The molecule has 1 atom stereocenters. The topological polar surface area (TPSA) is 40.0 Å². The first-order chi connectivity index (χ1) is 4.47. The Labute approximate surface area is 52.6 Å². The highest BCUT2D eigenvalue weighted by Crippen LogP contribution is 2.04. The Morgan fingerprint density at radius 1 is 1.56 bits per heavy atom. The van der Waals surface area contributed by atoms with Gasteiger partial charge in [-0.1, -0.05) is 0 Å². The molecule has 0 spiro atoms. The Bertz CT molecular complexity index is 193. The van der Waals surface area contributed by atoms with Gasteiger partial charge in [0.1, 0.15) is 6.34 Å². The molecule has 2 aliphatic heterocycles. The van der Waals surface area contributed by atoms with Gasteiger partial charge in [-0.2, -0.15) is 0 Å². The van der Waals surface area contributed by atoms with Gasteiger partial charge >= 0.3 is 0 Å². The highest BCUT2D eigenvalue weighted by molar-refractivity contribution is 5.74. The number of hydrogen-bond acceptors (Lipinski definition) is 4. The Balaban J connectivity index is 2.25. The van der Waals surface area contributed by atoms with E-state index >= 15 is 0 Å². The summed E-state index contributed by atoms with van der Waals surface area (Å²) in [6.45, 7) is 0. The first-order valence-corrected chi connectivity index (χ1v) is 2.72. The summed E-state index contributed by atoms with van der Waals surface area (Å²) in [6.07, 6.45) is 7.07. The summed E-state index contributed by atoms with van der Waals surface area (Å²) in [6, 6.07) is 0. The van der Waals surface area contributed by atoms with Gasteiger partial charge in [0.15, 0.2) is 0 Å². The zero-order chi connectivity index (χ0) is 6.10. The van der Waals surface area contributed by atoms with Crippen LogP contribution in [0.1, 0.15) is 0 Å². The van der Waals surface area contributed by atoms with Gasteiger partial charge in [-0.15, -0.1) is 0 Å². The van der Waals surface area contributed by atoms with Crippen molar-refractivity contribution in [3.05, 3.63) is 12.4 Å². The van der Waals surface area contributed by atoms with Crippen LogP contribution >= 0.6 is 0 Å². The molecule has 9 heavy (non-hydrogen) atoms. The van der Waals surface area contributed by atoms with Gasteiger partial charge in [0.25, 0.3) is 0 Å². The van der Waals surface area contributed by atoms with E-state index in [1.54, 1.807) is 12.7 Å². The van der Waals surface area contributed by atoms with Crippen molar-refractivity contribution in [1.29, 1.82) is 0 Å². The Morgan fingerprint density at radius 3 is 3.44 bits per heavy atom. The zero-order valence-corrected chi connectivity index (χ0v) is 4.73. The molecule has 4 nitrogen and oxygen atoms in total. The molecule has 0 amide bonds. The van der Waals surface area contributed by atoms with Crippen molar-refractivity contribution in [1.82, 2.24) is 10.2 Å². The molecule has 0 aliphatic carbocycles. The molecule has 1 N–H and O–H groups in total. The molecule has 2 heterocycles. The quantitative estimate of drug-likeness (QED) is 0.480. The highest BCUT2D eigenvalue weighted by Gasteiger charge is 2.15. The summed E-state index contributed by atoms with van der Waals surface area (Å²) in [5, 5.41) is 3.01. The normalized spacial score (nSPS) is 28.4. The van der Waals surface area contributed by atoms with Crippen molar-refractivity contribution >= 4 is 12.7 Å². The van der Waals surface area contributed by atoms with Gasteiger partial charge in [0.05, 0.1) is 6.34 Å². The van der Waals surface area contributed by atoms with Crippen LogP contribution in [0, 0.1) is 0 Å². The third kappa shape index (κ3) is 0.595. The molecule has 0 bridgehead atoms. The third-order valence-corrected chi connectivity index (χ3v) is 1.25. The van der Waals surface area contributed by atoms with E-state index in [1.807, 2.05) is 17.3 Å². The zero-order valence-electron chi connectivity index (χ0n) is 4.73. The molecular weight excluding hydrogens is 116 g/mol. The van der Waals surface area contributed by atoms with Crippen LogP contribution in [-0.4, -0.2) is 23.9 Å². The Kier molecular flexibility index (Phi) is 0.798. The second kappa shape index (κ2) is 1.58. The van der Waals surface area contributed by atoms with Crippen LogP contribution in [-0.2, 0) is 0 Å². The van der Waals surface area contributed by atoms with Crippen molar-refractivity contribution in [2.75, 3.05) is 0 Å². The molecule has 2 aliphatic rings. The largest absolute Gasteiger partial charge is 0.351 e. The second-order valence-electron chi connectivity index (χ2n) is 1.83. The molecule has 46 valence electrons. The van der Waals surface area contributed by atoms with E-state index in [9.17, 15) is 0 Å². The summed E-state index contributed by atoms with van der Waals surface area (Å²) >= 11 is 0. The van der Waals surface area contributed by atoms with Gasteiger partial charge in [0.2, 0.25) is 6.29 Å². The number of nitrogens with one attached hydrogen (secondary N) is 1. The maximum Gasteiger partial charge on any atom is 0.202 e. The molecular formula is C5H6N4. The van der Waals surface area contributed by atoms with Crippen LogP contribution < -0.4 is 5.32 Å². The molecule has 0 radical (unpaired) electrons. The average molecular weight is 122 g/mol. The molecule has 0 aromatic rings. The van der Waals surface area contributed by atoms with Crippen molar-refractivity contribution in [3.63, 3.8) is 0 Å². The van der Waals surface area contributed by atoms with Gasteiger partial charge in [-0.05, 0) is 0 Å². The maximum atomic E-state index is 4.02. The summed E-state index contributed by atoms with van der Waals surface area (Å²) in [7, 11) is 0. The first-order valence-electron chi connectivity index (χ1n) is 2.72. The van der Waals surface area contributed by atoms with Crippen molar-refractivity contribution in [2.45, 2.75) is 6.29 Å². The monoisotopic (exact) mass is 122 g/mol. The average Bonchev–Trinajstić information content (AvgIpc) is 2.33. The van der Waals surface area contributed by atoms with E-state index in [0.29, 0.717) is 0 Å². The molecule has 0 fully saturated rings. The van der Waals surface area contributed by atoms with E-state index in [1.165, 1.54) is 0 Å². The number of hydrogen-bond donors (Lipinski definition) is 1. The van der Waals surface area contributed by atoms with Gasteiger partial charge in [-0.3, -0.25) is 4.90 Å². The molecule has 0 aromatic heterocycles. The third-order valence-electron chi connectivity index (χ3n) is 1.25. The van der Waals surface area contributed by atoms with Gasteiger partial charge in [0, 0.05) is 12.4 Å². The second-order valence-corrected chi connectivity index (χ2v) is 1.83. The molecule has 0 saturated carbocycles. The number of nitrogens with zero attached hydrogens (tertiary/aromatic N) is 3. The van der Waals surface area contributed by atoms with Crippen LogP contribution in [0.25, 0.3) is 0 Å². The standard InChI is InChI=1S/C5H6N4/c1-2-9-4-6-3-8-5(9)7-1/h1-5,7H. The van der Waals surface area contributed by atoms with E-state index in [0.717, 1.165) is 0 Å². The summed E-state index contributed by atoms with van der Waals surface area (Å²) in [4.78, 5) is 9.75. The van der Waals surface area contributed by atoms with Crippen LogP contribution in [0.4, 0.5) is 0 Å². The van der Waals surface area contributed by atoms with Crippen molar-refractivity contribution < 1.29 is 0 Å². The van der Waals surface area contributed by atoms with Crippen LogP contribution in [0.5, 0.6) is 0 Å². The minimum Gasteiger partial charge on any atom is -0.351 e. The number of aliphatic imine (C=N–C) groups is 2. The maximum absolute atomic E-state index is 4.02. The van der Waals surface area contributed by atoms with Crippen LogP contribution in [0.3, 0.4) is 0 Å². The fraction of sp³-hybridized carbons (Fsp3) is 0.200. The molecule has 0 aromatic carbocycles. The predicted molar refractivity (Wildman–Crippen MR) is 34.9 cm³/mol. The van der Waals surface area contributed by atoms with E-state index < -0.39 is 0 Å². The lowest BCUT2D eigenvalue weighted by Gasteiger charge is -2.18. The minimum atomic E-state index is 0.0579. The van der Waals surface area contributed by atoms with Gasteiger partial charge < -0.3 is 5.32 Å². The molecule has 2 rings (SSSR count). The van der Waals surface area contributed by atoms with Crippen LogP contribution in [0.15, 0.2) is 22.4 Å². The Hall–Kier alpha value is -1.32. The minimum absolute atomic E-state index is 0.0579. The van der Waals surface area contributed by atoms with Crippen molar-refractivity contribution in [2.24, 2.45) is 9.98 Å². The van der Waals surface area contributed by atoms with E-state index in [2.05, 4.69) is 15.3 Å². The highest BCUT2D eigenvalue weighted by atomic mass is 15.4. The SMILES string of the molecule is C1=CN2C=NC=NC2N1. The van der Waals surface area contributed by atoms with Gasteiger partial charge in [-0.25, -0.2) is 9.98 Å². The molecule has 0 saturated heterocycles. The first kappa shape index (κ1) is 4.55. The smallest absolute Gasteiger partial charge is 0.202 e. The lowest BCUT2D eigenvalue weighted by Crippen LogP contribution is -2.34. The van der Waals surface area contributed by atoms with Crippen molar-refractivity contribution in [3.8, 4) is 0 Å². The van der Waals surface area contributed by atoms with Crippen LogP contribution in [0.2, 0.25) is 0 Å². The molecule has 1 unspecified atom stereocenters. The Morgan fingerprint density at radius 2 is 2.56 bits per heavy atom. The lowest BCUT2D eigenvalue weighted by atomic mass is 10.7. The van der Waals surface area contributed by atoms with E-state index in [4.69, 9.17) is 0 Å². The number of rotatable bonds is 0. The number of fused-ring (bicyclic) bond motifs is 1. The predicted octanol–water partition coefficient (Wildman–Crippen LogP) is -0.283. The summed E-state index contributed by atoms with van der Waals surface area (Å²) in [5.41, 5.74) is 0. The summed E-state index contributed by atoms with van der Waals surface area (Å²) in [5.74, 6) is 0. The fourth-order valence-corrected chi connectivity index (χ4v) is 0.813. The van der Waals surface area contributed by atoms with E-state index in [-0.39, 0.29) is 6.29 Å². The molecule has 4 heteroatoms. The summed E-state index contributed by atoms with van der Waals surface area (Å²) < 4.78 is 0. The fourth-order valence-electron chi connectivity index (χ4n) is 0.813. The lowest BCUT2D eigenvalue weighted by molar-refractivity contribution is 0.419.